The van der Waals surface area contributed by atoms with Crippen LogP contribution in [-0.4, -0.2) is 29.8 Å². The zero-order valence-corrected chi connectivity index (χ0v) is 20.6. The number of ether oxygens (including phenoxy) is 3. The number of thioether (sulfide) groups is 1. The van der Waals surface area contributed by atoms with Crippen molar-refractivity contribution < 1.29 is 19.0 Å². The Balaban J connectivity index is 1.70. The number of aliphatic imine (C=N–C) groups is 1. The summed E-state index contributed by atoms with van der Waals surface area (Å²) in [6.45, 7) is 4.15. The molecule has 2 aliphatic heterocycles. The number of methoxy groups -OCH3 is 1. The number of carbonyl (C=O) groups is 1. The molecule has 6 nitrogen and oxygen atoms in total. The van der Waals surface area contributed by atoms with E-state index >= 15 is 0 Å². The third kappa shape index (κ3) is 4.86. The summed E-state index contributed by atoms with van der Waals surface area (Å²) in [4.78, 5) is 19.4. The summed E-state index contributed by atoms with van der Waals surface area (Å²) in [6, 6.07) is 10.5. The van der Waals surface area contributed by atoms with Crippen molar-refractivity contribution in [1.82, 2.24) is 4.90 Å². The second-order valence-corrected chi connectivity index (χ2v) is 8.99. The smallest absolute Gasteiger partial charge is 0.338 e. The first-order chi connectivity index (χ1) is 15.9. The molecular formula is C24H22Cl2N2O4S. The molecule has 0 bridgehead atoms. The zero-order valence-electron chi connectivity index (χ0n) is 18.3. The number of carbonyl (C=O) groups excluding carboxylic acids is 1. The number of halogens is 2. The SMILES string of the molecule is CCOC(=O)C1=C(C)N=C2SC=CN2[C@H]1c1cc(Cl)c(OCc2ccc(Cl)cc2)c(OC)c1. The molecule has 2 aromatic carbocycles. The Kier molecular flexibility index (Phi) is 7.22. The minimum absolute atomic E-state index is 0.269. The van der Waals surface area contributed by atoms with Gasteiger partial charge in [0.25, 0.3) is 0 Å². The van der Waals surface area contributed by atoms with Crippen LogP contribution in [0.15, 0.2) is 64.3 Å². The molecule has 0 aromatic heterocycles. The van der Waals surface area contributed by atoms with Crippen LogP contribution in [0.3, 0.4) is 0 Å². The maximum atomic E-state index is 12.9. The van der Waals surface area contributed by atoms with Crippen molar-refractivity contribution in [3.63, 3.8) is 0 Å². The number of allylic oxidation sites excluding steroid dienone is 1. The molecule has 0 spiro atoms. The molecule has 9 heteroatoms. The summed E-state index contributed by atoms with van der Waals surface area (Å²) in [6.07, 6.45) is 1.89. The predicted octanol–water partition coefficient (Wildman–Crippen LogP) is 6.35. The van der Waals surface area contributed by atoms with Gasteiger partial charge < -0.3 is 19.1 Å². The Morgan fingerprint density at radius 2 is 1.97 bits per heavy atom. The molecule has 2 aliphatic rings. The van der Waals surface area contributed by atoms with E-state index in [4.69, 9.17) is 37.4 Å². The third-order valence-electron chi connectivity index (χ3n) is 5.18. The Bertz CT molecular complexity index is 1160. The van der Waals surface area contributed by atoms with Crippen molar-refractivity contribution in [2.75, 3.05) is 13.7 Å². The fourth-order valence-corrected chi connectivity index (χ4v) is 4.86. The quantitative estimate of drug-likeness (QED) is 0.409. The van der Waals surface area contributed by atoms with Gasteiger partial charge in [-0.15, -0.1) is 0 Å². The predicted molar refractivity (Wildman–Crippen MR) is 132 cm³/mol. The molecule has 0 radical (unpaired) electrons. The number of rotatable bonds is 7. The van der Waals surface area contributed by atoms with Gasteiger partial charge in [-0.3, -0.25) is 0 Å². The molecule has 0 aliphatic carbocycles. The highest BCUT2D eigenvalue weighted by Gasteiger charge is 2.38. The highest BCUT2D eigenvalue weighted by molar-refractivity contribution is 8.16. The molecule has 2 heterocycles. The topological polar surface area (TPSA) is 60.4 Å². The second-order valence-electron chi connectivity index (χ2n) is 7.28. The number of hydrogen-bond acceptors (Lipinski definition) is 7. The zero-order chi connectivity index (χ0) is 23.5. The van der Waals surface area contributed by atoms with Gasteiger partial charge in [0.15, 0.2) is 16.7 Å². The van der Waals surface area contributed by atoms with Gasteiger partial charge >= 0.3 is 5.97 Å². The van der Waals surface area contributed by atoms with Crippen LogP contribution in [0.1, 0.15) is 31.0 Å². The number of esters is 1. The molecule has 4 rings (SSSR count). The van der Waals surface area contributed by atoms with Gasteiger partial charge in [0, 0.05) is 11.2 Å². The number of amidine groups is 1. The molecule has 0 fully saturated rings. The molecule has 0 saturated heterocycles. The first-order valence-electron chi connectivity index (χ1n) is 10.3. The minimum atomic E-state index is -0.459. The molecular weight excluding hydrogens is 483 g/mol. The number of nitrogens with zero attached hydrogens (tertiary/aromatic N) is 2. The van der Waals surface area contributed by atoms with Gasteiger partial charge in [-0.1, -0.05) is 47.1 Å². The Labute approximate surface area is 206 Å². The first kappa shape index (κ1) is 23.5. The van der Waals surface area contributed by atoms with Crippen molar-refractivity contribution in [2.45, 2.75) is 26.5 Å². The Hall–Kier alpha value is -2.61. The van der Waals surface area contributed by atoms with E-state index in [1.165, 1.54) is 11.8 Å². The fraction of sp³-hybridized carbons (Fsp3) is 0.250. The standard InChI is InChI=1S/C24H22Cl2N2O4S/c1-4-31-23(29)20-14(2)27-24-28(9-10-33-24)21(20)16-11-18(26)22(19(12-16)30-3)32-13-15-5-7-17(25)8-6-15/h5-12,21H,4,13H2,1-3H3/t21-/m0/s1. The van der Waals surface area contributed by atoms with Crippen LogP contribution in [0.2, 0.25) is 10.0 Å². The summed E-state index contributed by atoms with van der Waals surface area (Å²) >= 11 is 14.1. The van der Waals surface area contributed by atoms with Gasteiger partial charge in [-0.2, -0.15) is 0 Å². The van der Waals surface area contributed by atoms with E-state index in [1.807, 2.05) is 41.6 Å². The first-order valence-corrected chi connectivity index (χ1v) is 11.9. The van der Waals surface area contributed by atoms with Crippen molar-refractivity contribution >= 4 is 46.1 Å². The van der Waals surface area contributed by atoms with Crippen molar-refractivity contribution in [3.8, 4) is 11.5 Å². The molecule has 0 unspecified atom stereocenters. The lowest BCUT2D eigenvalue weighted by Gasteiger charge is -2.33. The molecule has 0 N–H and O–H groups in total. The third-order valence-corrected chi connectivity index (χ3v) is 6.48. The largest absolute Gasteiger partial charge is 0.493 e. The number of hydrogen-bond donors (Lipinski definition) is 0. The van der Waals surface area contributed by atoms with Crippen LogP contribution in [0, 0.1) is 0 Å². The highest BCUT2D eigenvalue weighted by Crippen LogP contribution is 2.45. The normalized spacial score (nSPS) is 17.1. The number of fused-ring (bicyclic) bond motifs is 1. The monoisotopic (exact) mass is 504 g/mol. The fourth-order valence-electron chi connectivity index (χ4n) is 3.67. The minimum Gasteiger partial charge on any atom is -0.493 e. The van der Waals surface area contributed by atoms with Crippen molar-refractivity contribution in [1.29, 1.82) is 0 Å². The molecule has 1 atom stereocenters. The van der Waals surface area contributed by atoms with Crippen LogP contribution in [0.4, 0.5) is 0 Å². The van der Waals surface area contributed by atoms with Gasteiger partial charge in [0.1, 0.15) is 6.61 Å². The van der Waals surface area contributed by atoms with Crippen LogP contribution in [0.25, 0.3) is 0 Å². The van der Waals surface area contributed by atoms with Crippen molar-refractivity contribution in [3.05, 3.63) is 80.4 Å². The van der Waals surface area contributed by atoms with Crippen LogP contribution < -0.4 is 9.47 Å². The summed E-state index contributed by atoms with van der Waals surface area (Å²) in [5.74, 6) is 0.478. The maximum Gasteiger partial charge on any atom is 0.338 e. The lowest BCUT2D eigenvalue weighted by Crippen LogP contribution is -2.34. The van der Waals surface area contributed by atoms with E-state index in [0.29, 0.717) is 39.4 Å². The Morgan fingerprint density at radius 1 is 1.21 bits per heavy atom. The maximum absolute atomic E-state index is 12.9. The summed E-state index contributed by atoms with van der Waals surface area (Å²) in [5.41, 5.74) is 2.77. The summed E-state index contributed by atoms with van der Waals surface area (Å²) in [7, 11) is 1.55. The molecule has 2 aromatic rings. The average molecular weight is 505 g/mol. The van der Waals surface area contributed by atoms with Gasteiger partial charge in [0.2, 0.25) is 0 Å². The van der Waals surface area contributed by atoms with Crippen LogP contribution in [-0.2, 0) is 16.1 Å². The van der Waals surface area contributed by atoms with Crippen LogP contribution in [0.5, 0.6) is 11.5 Å². The van der Waals surface area contributed by atoms with Gasteiger partial charge in [0.05, 0.1) is 36.1 Å². The highest BCUT2D eigenvalue weighted by atomic mass is 35.5. The molecule has 172 valence electrons. The second kappa shape index (κ2) is 10.1. The molecule has 33 heavy (non-hydrogen) atoms. The molecule has 0 amide bonds. The van der Waals surface area contributed by atoms with E-state index in [2.05, 4.69) is 4.99 Å². The van der Waals surface area contributed by atoms with E-state index in [9.17, 15) is 4.79 Å². The van der Waals surface area contributed by atoms with Gasteiger partial charge in [-0.05, 0) is 54.6 Å². The lowest BCUT2D eigenvalue weighted by molar-refractivity contribution is -0.139. The Morgan fingerprint density at radius 3 is 2.67 bits per heavy atom. The summed E-state index contributed by atoms with van der Waals surface area (Å²) < 4.78 is 16.9. The number of benzene rings is 2. The van der Waals surface area contributed by atoms with E-state index in [-0.39, 0.29) is 6.61 Å². The van der Waals surface area contributed by atoms with Crippen LogP contribution >= 0.6 is 35.0 Å². The van der Waals surface area contributed by atoms with E-state index in [0.717, 1.165) is 16.3 Å². The van der Waals surface area contributed by atoms with Gasteiger partial charge in [-0.25, -0.2) is 9.79 Å². The summed E-state index contributed by atoms with van der Waals surface area (Å²) in [5, 5.41) is 3.74. The average Bonchev–Trinajstić information content (AvgIpc) is 3.26. The lowest BCUT2D eigenvalue weighted by atomic mass is 9.94. The van der Waals surface area contributed by atoms with Crippen molar-refractivity contribution in [2.24, 2.45) is 4.99 Å². The van der Waals surface area contributed by atoms with E-state index in [1.54, 1.807) is 32.2 Å². The molecule has 0 saturated carbocycles. The van der Waals surface area contributed by atoms with E-state index < -0.39 is 12.0 Å².